The van der Waals surface area contributed by atoms with Crippen LogP contribution in [0.4, 0.5) is 5.69 Å². The van der Waals surface area contributed by atoms with Crippen LogP contribution in [0.3, 0.4) is 0 Å². The molecule has 4 nitrogen and oxygen atoms in total. The predicted octanol–water partition coefficient (Wildman–Crippen LogP) is 4.77. The summed E-state index contributed by atoms with van der Waals surface area (Å²) in [5, 5.41) is 14.0. The highest BCUT2D eigenvalue weighted by atomic mass is 35.5. The second-order valence-corrected chi connectivity index (χ2v) is 5.94. The molecule has 0 saturated heterocycles. The summed E-state index contributed by atoms with van der Waals surface area (Å²) in [5.41, 5.74) is 1.16. The van der Waals surface area contributed by atoms with Gasteiger partial charge in [-0.1, -0.05) is 48.0 Å². The van der Waals surface area contributed by atoms with Crippen molar-refractivity contribution in [3.05, 3.63) is 71.2 Å². The fraction of sp³-hybridized carbons (Fsp3) is 0.100. The Bertz CT molecular complexity index is 974. The maximum absolute atomic E-state index is 12.5. The largest absolute Gasteiger partial charge is 0.479 e. The molecule has 1 amide bonds. The van der Waals surface area contributed by atoms with Gasteiger partial charge in [-0.25, -0.2) is 0 Å². The van der Waals surface area contributed by atoms with Gasteiger partial charge in [0, 0.05) is 11.1 Å². The first kappa shape index (κ1) is 16.8. The average molecular weight is 351 g/mol. The number of anilines is 1. The Hall–Kier alpha value is -3.03. The van der Waals surface area contributed by atoms with Gasteiger partial charge in [0.15, 0.2) is 6.10 Å². The second-order valence-electron chi connectivity index (χ2n) is 5.53. The summed E-state index contributed by atoms with van der Waals surface area (Å²) in [6.45, 7) is 1.65. The number of carbonyl (C=O) groups excluding carboxylic acids is 1. The van der Waals surface area contributed by atoms with Crippen LogP contribution < -0.4 is 10.1 Å². The molecule has 3 aromatic rings. The second kappa shape index (κ2) is 7.25. The molecule has 0 aliphatic heterocycles. The molecule has 1 N–H and O–H groups in total. The molecule has 0 bridgehead atoms. The first-order chi connectivity index (χ1) is 12.1. The molecule has 0 saturated carbocycles. The molecule has 0 aliphatic rings. The van der Waals surface area contributed by atoms with Crippen LogP contribution in [0.15, 0.2) is 60.7 Å². The number of fused-ring (bicyclic) bond motifs is 1. The zero-order chi connectivity index (χ0) is 17.8. The lowest BCUT2D eigenvalue weighted by atomic mass is 10.1. The van der Waals surface area contributed by atoms with E-state index in [4.69, 9.17) is 21.6 Å². The van der Waals surface area contributed by atoms with Crippen molar-refractivity contribution in [3.8, 4) is 11.8 Å². The topological polar surface area (TPSA) is 62.1 Å². The molecule has 0 aromatic heterocycles. The van der Waals surface area contributed by atoms with E-state index in [1.54, 1.807) is 19.1 Å². The van der Waals surface area contributed by atoms with Gasteiger partial charge in [0.2, 0.25) is 0 Å². The van der Waals surface area contributed by atoms with Crippen LogP contribution in [-0.4, -0.2) is 12.0 Å². The van der Waals surface area contributed by atoms with Crippen LogP contribution in [0.25, 0.3) is 10.8 Å². The Labute approximate surface area is 150 Å². The molecule has 0 spiro atoms. The van der Waals surface area contributed by atoms with E-state index >= 15 is 0 Å². The Balaban J connectivity index is 1.76. The van der Waals surface area contributed by atoms with Crippen LogP contribution in [0.5, 0.6) is 5.75 Å². The third-order valence-electron chi connectivity index (χ3n) is 3.78. The number of nitrogens with one attached hydrogen (secondary N) is 1. The van der Waals surface area contributed by atoms with Crippen molar-refractivity contribution in [3.63, 3.8) is 0 Å². The molecule has 0 radical (unpaired) electrons. The molecule has 3 rings (SSSR count). The number of benzene rings is 3. The Morgan fingerprint density at radius 3 is 2.68 bits per heavy atom. The summed E-state index contributed by atoms with van der Waals surface area (Å²) < 4.78 is 5.64. The number of rotatable bonds is 4. The number of hydrogen-bond donors (Lipinski definition) is 1. The average Bonchev–Trinajstić information content (AvgIpc) is 2.63. The number of carbonyl (C=O) groups is 1. The number of halogens is 1. The summed E-state index contributed by atoms with van der Waals surface area (Å²) in [4.78, 5) is 12.5. The van der Waals surface area contributed by atoms with Crippen LogP contribution in [0.2, 0.25) is 5.02 Å². The molecule has 0 aliphatic carbocycles. The maximum atomic E-state index is 12.5. The Morgan fingerprint density at radius 1 is 1.16 bits per heavy atom. The monoisotopic (exact) mass is 350 g/mol. The van der Waals surface area contributed by atoms with Gasteiger partial charge in [0.25, 0.3) is 5.91 Å². The van der Waals surface area contributed by atoms with Gasteiger partial charge in [-0.05, 0) is 36.6 Å². The zero-order valence-corrected chi connectivity index (χ0v) is 14.2. The maximum Gasteiger partial charge on any atom is 0.265 e. The van der Waals surface area contributed by atoms with E-state index in [1.807, 2.05) is 48.5 Å². The van der Waals surface area contributed by atoms with Crippen LogP contribution in [-0.2, 0) is 4.79 Å². The number of ether oxygens (including phenoxy) is 1. The van der Waals surface area contributed by atoms with Crippen molar-refractivity contribution in [1.29, 1.82) is 5.26 Å². The summed E-state index contributed by atoms with van der Waals surface area (Å²) in [6, 6.07) is 20.2. The summed E-state index contributed by atoms with van der Waals surface area (Å²) in [6.07, 6.45) is -0.746. The van der Waals surface area contributed by atoms with Crippen molar-refractivity contribution >= 4 is 34.0 Å². The van der Waals surface area contributed by atoms with Gasteiger partial charge < -0.3 is 10.1 Å². The number of nitriles is 1. The van der Waals surface area contributed by atoms with Crippen molar-refractivity contribution in [2.45, 2.75) is 13.0 Å². The highest BCUT2D eigenvalue weighted by molar-refractivity contribution is 6.32. The third kappa shape index (κ3) is 3.73. The predicted molar refractivity (Wildman–Crippen MR) is 98.8 cm³/mol. The summed E-state index contributed by atoms with van der Waals surface area (Å²) >= 11 is 6.09. The minimum absolute atomic E-state index is 0.281. The van der Waals surface area contributed by atoms with Crippen molar-refractivity contribution in [1.82, 2.24) is 0 Å². The van der Waals surface area contributed by atoms with E-state index in [9.17, 15) is 4.79 Å². The minimum Gasteiger partial charge on any atom is -0.479 e. The zero-order valence-electron chi connectivity index (χ0n) is 13.5. The fourth-order valence-corrected chi connectivity index (χ4v) is 2.70. The molecule has 3 aromatic carbocycles. The Kier molecular flexibility index (Phi) is 4.87. The van der Waals surface area contributed by atoms with Gasteiger partial charge in [-0.2, -0.15) is 5.26 Å². The highest BCUT2D eigenvalue weighted by Crippen LogP contribution is 2.27. The van der Waals surface area contributed by atoms with Crippen LogP contribution in [0.1, 0.15) is 12.5 Å². The first-order valence-corrected chi connectivity index (χ1v) is 8.11. The van der Waals surface area contributed by atoms with E-state index in [2.05, 4.69) is 5.32 Å². The van der Waals surface area contributed by atoms with Gasteiger partial charge >= 0.3 is 0 Å². The smallest absolute Gasteiger partial charge is 0.265 e. The standard InChI is InChI=1S/C20H15ClN2O2/c1-13(25-19-10-9-14(12-22)11-17(19)21)20(24)23-18-8-4-6-15-5-2-3-7-16(15)18/h2-11,13H,1H3,(H,23,24)/t13-/m0/s1. The van der Waals surface area contributed by atoms with E-state index < -0.39 is 6.10 Å². The van der Waals surface area contributed by atoms with E-state index in [1.165, 1.54) is 6.07 Å². The molecule has 0 unspecified atom stereocenters. The van der Waals surface area contributed by atoms with E-state index in [0.29, 0.717) is 16.3 Å². The normalized spacial score (nSPS) is 11.6. The van der Waals surface area contributed by atoms with E-state index in [0.717, 1.165) is 16.5 Å². The molecule has 0 heterocycles. The van der Waals surface area contributed by atoms with Gasteiger partial charge in [-0.3, -0.25) is 4.79 Å². The molecule has 5 heteroatoms. The SMILES string of the molecule is C[C@H](Oc1ccc(C#N)cc1Cl)C(=O)Nc1cccc2ccccc12. The molecule has 25 heavy (non-hydrogen) atoms. The summed E-state index contributed by atoms with van der Waals surface area (Å²) in [7, 11) is 0. The molecule has 124 valence electrons. The minimum atomic E-state index is -0.746. The number of amides is 1. The molecular formula is C20H15ClN2O2. The lowest BCUT2D eigenvalue weighted by molar-refractivity contribution is -0.122. The number of hydrogen-bond acceptors (Lipinski definition) is 3. The van der Waals surface area contributed by atoms with Crippen molar-refractivity contribution < 1.29 is 9.53 Å². The fourth-order valence-electron chi connectivity index (χ4n) is 2.48. The van der Waals surface area contributed by atoms with Gasteiger partial charge in [-0.15, -0.1) is 0 Å². The molecular weight excluding hydrogens is 336 g/mol. The Morgan fingerprint density at radius 2 is 1.92 bits per heavy atom. The van der Waals surface area contributed by atoms with Crippen LogP contribution in [0, 0.1) is 11.3 Å². The quantitative estimate of drug-likeness (QED) is 0.737. The van der Waals surface area contributed by atoms with E-state index in [-0.39, 0.29) is 5.91 Å². The van der Waals surface area contributed by atoms with Gasteiger partial charge in [0.05, 0.1) is 16.7 Å². The highest BCUT2D eigenvalue weighted by Gasteiger charge is 2.17. The van der Waals surface area contributed by atoms with Gasteiger partial charge in [0.1, 0.15) is 5.75 Å². The lowest BCUT2D eigenvalue weighted by Gasteiger charge is -2.16. The molecule has 0 fully saturated rings. The number of nitrogens with zero attached hydrogens (tertiary/aromatic N) is 1. The first-order valence-electron chi connectivity index (χ1n) is 7.73. The summed E-state index contributed by atoms with van der Waals surface area (Å²) in [5.74, 6) is 0.0815. The van der Waals surface area contributed by atoms with Crippen molar-refractivity contribution in [2.75, 3.05) is 5.32 Å². The molecule has 1 atom stereocenters. The van der Waals surface area contributed by atoms with Crippen LogP contribution >= 0.6 is 11.6 Å². The van der Waals surface area contributed by atoms with Crippen molar-refractivity contribution in [2.24, 2.45) is 0 Å². The lowest BCUT2D eigenvalue weighted by Crippen LogP contribution is -2.30. The third-order valence-corrected chi connectivity index (χ3v) is 4.08.